The minimum atomic E-state index is -0.373. The van der Waals surface area contributed by atoms with E-state index in [9.17, 15) is 9.59 Å². The van der Waals surface area contributed by atoms with Gasteiger partial charge in [0.15, 0.2) is 0 Å². The molecule has 3 aromatic rings. The third-order valence-electron chi connectivity index (χ3n) is 4.40. The van der Waals surface area contributed by atoms with Crippen molar-refractivity contribution in [3.8, 4) is 11.1 Å². The van der Waals surface area contributed by atoms with Crippen LogP contribution in [0.1, 0.15) is 21.5 Å². The molecule has 2 amide bonds. The number of methoxy groups -OCH3 is 1. The quantitative estimate of drug-likeness (QED) is 0.642. The third-order valence-corrected chi connectivity index (χ3v) is 4.40. The molecule has 0 aliphatic heterocycles. The first-order chi connectivity index (χ1) is 13.5. The smallest absolute Gasteiger partial charge is 0.337 e. The number of nitrogens with one attached hydrogen (secondary N) is 2. The maximum atomic E-state index is 12.2. The van der Waals surface area contributed by atoms with Crippen LogP contribution in [0, 0.1) is 13.8 Å². The molecule has 6 heteroatoms. The Labute approximate surface area is 163 Å². The lowest BCUT2D eigenvalue weighted by molar-refractivity contribution is 0.0600. The Balaban J connectivity index is 1.74. The predicted octanol–water partition coefficient (Wildman–Crippen LogP) is 4.80. The number of urea groups is 1. The van der Waals surface area contributed by atoms with Gasteiger partial charge in [0, 0.05) is 11.9 Å². The van der Waals surface area contributed by atoms with Gasteiger partial charge in [0.05, 0.1) is 24.6 Å². The molecular formula is C22H21N3O3. The summed E-state index contributed by atoms with van der Waals surface area (Å²) in [5.41, 5.74) is 5.66. The fourth-order valence-electron chi connectivity index (χ4n) is 2.79. The standard InChI is InChI=1S/C22H21N3O3/c1-14-4-5-17(21(26)28-3)12-19(14)16-6-8-18(9-7-16)24-22(27)25-20-13-23-11-10-15(20)2/h4-13H,1-3H3,(H2,24,25,27). The van der Waals surface area contributed by atoms with Crippen molar-refractivity contribution in [1.82, 2.24) is 4.98 Å². The van der Waals surface area contributed by atoms with Gasteiger partial charge in [-0.25, -0.2) is 9.59 Å². The number of ether oxygens (including phenoxy) is 1. The molecule has 28 heavy (non-hydrogen) atoms. The fourth-order valence-corrected chi connectivity index (χ4v) is 2.79. The summed E-state index contributed by atoms with van der Waals surface area (Å²) in [6.45, 7) is 3.88. The topological polar surface area (TPSA) is 80.3 Å². The van der Waals surface area contributed by atoms with Crippen LogP contribution in [0.25, 0.3) is 11.1 Å². The highest BCUT2D eigenvalue weighted by Gasteiger charge is 2.10. The maximum absolute atomic E-state index is 12.2. The van der Waals surface area contributed by atoms with E-state index in [-0.39, 0.29) is 12.0 Å². The van der Waals surface area contributed by atoms with Crippen molar-refractivity contribution in [1.29, 1.82) is 0 Å². The number of nitrogens with zero attached hydrogens (tertiary/aromatic N) is 1. The Bertz CT molecular complexity index is 1010. The molecule has 0 saturated heterocycles. The van der Waals surface area contributed by atoms with E-state index in [0.29, 0.717) is 16.9 Å². The Kier molecular flexibility index (Phi) is 5.69. The number of amides is 2. The normalized spacial score (nSPS) is 10.2. The van der Waals surface area contributed by atoms with E-state index in [2.05, 4.69) is 15.6 Å². The second-order valence-corrected chi connectivity index (χ2v) is 6.37. The molecular weight excluding hydrogens is 354 g/mol. The summed E-state index contributed by atoms with van der Waals surface area (Å²) < 4.78 is 4.79. The Hall–Kier alpha value is -3.67. The lowest BCUT2D eigenvalue weighted by Crippen LogP contribution is -2.20. The average Bonchev–Trinajstić information content (AvgIpc) is 2.70. The molecule has 142 valence electrons. The predicted molar refractivity (Wildman–Crippen MR) is 110 cm³/mol. The van der Waals surface area contributed by atoms with Gasteiger partial charge in [-0.1, -0.05) is 18.2 Å². The Morgan fingerprint density at radius 3 is 2.36 bits per heavy atom. The minimum Gasteiger partial charge on any atom is -0.465 e. The molecule has 2 N–H and O–H groups in total. The molecule has 2 aromatic carbocycles. The lowest BCUT2D eigenvalue weighted by Gasteiger charge is -2.11. The van der Waals surface area contributed by atoms with Gasteiger partial charge >= 0.3 is 12.0 Å². The summed E-state index contributed by atoms with van der Waals surface area (Å²) in [4.78, 5) is 28.0. The summed E-state index contributed by atoms with van der Waals surface area (Å²) in [7, 11) is 1.36. The van der Waals surface area contributed by atoms with Crippen LogP contribution in [0.3, 0.4) is 0 Å². The van der Waals surface area contributed by atoms with Crippen molar-refractivity contribution >= 4 is 23.4 Å². The molecule has 0 fully saturated rings. The van der Waals surface area contributed by atoms with E-state index in [4.69, 9.17) is 4.74 Å². The van der Waals surface area contributed by atoms with E-state index >= 15 is 0 Å². The number of esters is 1. The summed E-state index contributed by atoms with van der Waals surface area (Å²) in [6, 6.07) is 14.3. The van der Waals surface area contributed by atoms with Crippen LogP contribution in [0.5, 0.6) is 0 Å². The second kappa shape index (κ2) is 8.35. The van der Waals surface area contributed by atoms with Crippen molar-refractivity contribution in [2.45, 2.75) is 13.8 Å². The van der Waals surface area contributed by atoms with Crippen LogP contribution >= 0.6 is 0 Å². The third kappa shape index (κ3) is 4.35. The SMILES string of the molecule is COC(=O)c1ccc(C)c(-c2ccc(NC(=O)Nc3cnccc3C)cc2)c1. The molecule has 1 aromatic heterocycles. The van der Waals surface area contributed by atoms with Crippen LogP contribution in [0.4, 0.5) is 16.2 Å². The van der Waals surface area contributed by atoms with Gasteiger partial charge in [0.25, 0.3) is 0 Å². The van der Waals surface area contributed by atoms with Gasteiger partial charge < -0.3 is 15.4 Å². The highest BCUT2D eigenvalue weighted by Crippen LogP contribution is 2.26. The van der Waals surface area contributed by atoms with E-state index in [1.165, 1.54) is 7.11 Å². The van der Waals surface area contributed by atoms with E-state index in [1.807, 2.05) is 56.3 Å². The first kappa shape index (κ1) is 19.1. The molecule has 0 saturated carbocycles. The number of rotatable bonds is 4. The van der Waals surface area contributed by atoms with E-state index in [0.717, 1.165) is 22.3 Å². The van der Waals surface area contributed by atoms with Gasteiger partial charge in [0.2, 0.25) is 0 Å². The minimum absolute atomic E-state index is 0.340. The molecule has 0 unspecified atom stereocenters. The number of carbonyl (C=O) groups is 2. The molecule has 0 radical (unpaired) electrons. The number of aromatic nitrogens is 1. The molecule has 0 aliphatic rings. The van der Waals surface area contributed by atoms with Crippen molar-refractivity contribution < 1.29 is 14.3 Å². The molecule has 0 atom stereocenters. The summed E-state index contributed by atoms with van der Waals surface area (Å²) >= 11 is 0. The first-order valence-corrected chi connectivity index (χ1v) is 8.76. The Morgan fingerprint density at radius 1 is 0.929 bits per heavy atom. The van der Waals surface area contributed by atoms with Gasteiger partial charge in [0.1, 0.15) is 0 Å². The summed E-state index contributed by atoms with van der Waals surface area (Å²) in [5.74, 6) is -0.373. The molecule has 0 spiro atoms. The molecule has 0 bridgehead atoms. The summed E-state index contributed by atoms with van der Waals surface area (Å²) in [5, 5.41) is 5.57. The van der Waals surface area contributed by atoms with Crippen LogP contribution in [-0.4, -0.2) is 24.1 Å². The molecule has 0 aliphatic carbocycles. The van der Waals surface area contributed by atoms with Gasteiger partial charge in [-0.2, -0.15) is 0 Å². The summed E-state index contributed by atoms with van der Waals surface area (Å²) in [6.07, 6.45) is 3.28. The highest BCUT2D eigenvalue weighted by atomic mass is 16.5. The Morgan fingerprint density at radius 2 is 1.68 bits per heavy atom. The monoisotopic (exact) mass is 375 g/mol. The van der Waals surface area contributed by atoms with Gasteiger partial charge in [-0.3, -0.25) is 4.98 Å². The zero-order valence-corrected chi connectivity index (χ0v) is 15.9. The fraction of sp³-hybridized carbons (Fsp3) is 0.136. The average molecular weight is 375 g/mol. The van der Waals surface area contributed by atoms with Gasteiger partial charge in [-0.05, 0) is 66.4 Å². The van der Waals surface area contributed by atoms with Crippen LogP contribution in [-0.2, 0) is 4.74 Å². The largest absolute Gasteiger partial charge is 0.465 e. The zero-order chi connectivity index (χ0) is 20.1. The van der Waals surface area contributed by atoms with E-state index in [1.54, 1.807) is 18.5 Å². The zero-order valence-electron chi connectivity index (χ0n) is 15.9. The maximum Gasteiger partial charge on any atom is 0.337 e. The van der Waals surface area contributed by atoms with Crippen LogP contribution in [0.2, 0.25) is 0 Å². The first-order valence-electron chi connectivity index (χ1n) is 8.76. The van der Waals surface area contributed by atoms with E-state index < -0.39 is 0 Å². The van der Waals surface area contributed by atoms with Crippen LogP contribution in [0.15, 0.2) is 60.9 Å². The number of benzene rings is 2. The number of hydrogen-bond acceptors (Lipinski definition) is 4. The van der Waals surface area contributed by atoms with Crippen molar-refractivity contribution in [3.63, 3.8) is 0 Å². The van der Waals surface area contributed by atoms with Crippen LogP contribution < -0.4 is 10.6 Å². The van der Waals surface area contributed by atoms with Crippen molar-refractivity contribution in [2.75, 3.05) is 17.7 Å². The van der Waals surface area contributed by atoms with Crippen molar-refractivity contribution in [3.05, 3.63) is 77.6 Å². The molecule has 3 rings (SSSR count). The van der Waals surface area contributed by atoms with Crippen molar-refractivity contribution in [2.24, 2.45) is 0 Å². The second-order valence-electron chi connectivity index (χ2n) is 6.37. The molecule has 1 heterocycles. The van der Waals surface area contributed by atoms with Gasteiger partial charge in [-0.15, -0.1) is 0 Å². The highest BCUT2D eigenvalue weighted by molar-refractivity contribution is 6.00. The number of anilines is 2. The number of carbonyl (C=O) groups excluding carboxylic acids is 2. The number of pyridine rings is 1. The number of aryl methyl sites for hydroxylation is 2. The lowest BCUT2D eigenvalue weighted by atomic mass is 9.98. The number of hydrogen-bond donors (Lipinski definition) is 2. The molecule has 6 nitrogen and oxygen atoms in total.